The number of rotatable bonds is 3. The fourth-order valence-electron chi connectivity index (χ4n) is 2.04. The second-order valence-electron chi connectivity index (χ2n) is 4.77. The highest BCUT2D eigenvalue weighted by Crippen LogP contribution is 2.16. The molecule has 0 unspecified atom stereocenters. The van der Waals surface area contributed by atoms with Crippen LogP contribution in [0.4, 0.5) is 0 Å². The van der Waals surface area contributed by atoms with Crippen molar-refractivity contribution < 1.29 is 13.2 Å². The average Bonchev–Trinajstić information content (AvgIpc) is 2.81. The predicted molar refractivity (Wildman–Crippen MR) is 81.1 cm³/mol. The first-order chi connectivity index (χ1) is 9.36. The third kappa shape index (κ3) is 3.91. The molecule has 1 aromatic rings. The van der Waals surface area contributed by atoms with Gasteiger partial charge < -0.3 is 4.90 Å². The van der Waals surface area contributed by atoms with Crippen LogP contribution in [0.2, 0.25) is 0 Å². The van der Waals surface area contributed by atoms with E-state index in [9.17, 15) is 13.2 Å². The van der Waals surface area contributed by atoms with Gasteiger partial charge in [0.05, 0.1) is 6.26 Å². The molecule has 110 valence electrons. The van der Waals surface area contributed by atoms with Crippen molar-refractivity contribution in [3.63, 3.8) is 0 Å². The van der Waals surface area contributed by atoms with Gasteiger partial charge in [0.2, 0.25) is 15.9 Å². The lowest BCUT2D eigenvalue weighted by atomic mass is 10.3. The zero-order valence-electron chi connectivity index (χ0n) is 11.6. The smallest absolute Gasteiger partial charge is 0.246 e. The molecule has 0 aromatic carbocycles. The number of hydrogen-bond donors (Lipinski definition) is 0. The van der Waals surface area contributed by atoms with E-state index in [0.29, 0.717) is 26.2 Å². The highest BCUT2D eigenvalue weighted by atomic mass is 32.2. The molecule has 1 fully saturated rings. The van der Waals surface area contributed by atoms with E-state index in [0.717, 1.165) is 4.88 Å². The highest BCUT2D eigenvalue weighted by Gasteiger charge is 2.24. The van der Waals surface area contributed by atoms with Gasteiger partial charge >= 0.3 is 0 Å². The van der Waals surface area contributed by atoms with Gasteiger partial charge in [0.15, 0.2) is 0 Å². The van der Waals surface area contributed by atoms with Crippen molar-refractivity contribution in [2.45, 2.75) is 6.92 Å². The Balaban J connectivity index is 1.90. The van der Waals surface area contributed by atoms with Crippen LogP contribution in [-0.2, 0) is 14.8 Å². The fraction of sp³-hybridized carbons (Fsp3) is 0.462. The summed E-state index contributed by atoms with van der Waals surface area (Å²) in [5, 5.41) is 0. The van der Waals surface area contributed by atoms with E-state index in [2.05, 4.69) is 0 Å². The molecule has 0 saturated carbocycles. The molecule has 0 aliphatic carbocycles. The van der Waals surface area contributed by atoms with Crippen LogP contribution in [0.15, 0.2) is 18.2 Å². The minimum atomic E-state index is -3.15. The van der Waals surface area contributed by atoms with Crippen LogP contribution in [-0.4, -0.2) is 56.0 Å². The molecule has 2 heterocycles. The molecule has 1 amide bonds. The quantitative estimate of drug-likeness (QED) is 0.787. The van der Waals surface area contributed by atoms with E-state index >= 15 is 0 Å². The zero-order valence-corrected chi connectivity index (χ0v) is 13.2. The van der Waals surface area contributed by atoms with Gasteiger partial charge in [-0.15, -0.1) is 11.3 Å². The molecule has 0 spiro atoms. The molecule has 5 nitrogen and oxygen atoms in total. The van der Waals surface area contributed by atoms with Gasteiger partial charge in [-0.2, -0.15) is 4.31 Å². The van der Waals surface area contributed by atoms with Crippen molar-refractivity contribution >= 4 is 33.3 Å². The molecule has 2 rings (SSSR count). The van der Waals surface area contributed by atoms with Crippen molar-refractivity contribution in [2.75, 3.05) is 32.4 Å². The molecular formula is C13H18N2O3S2. The van der Waals surface area contributed by atoms with Crippen LogP contribution in [0.5, 0.6) is 0 Å². The maximum Gasteiger partial charge on any atom is 0.246 e. The van der Waals surface area contributed by atoms with Crippen molar-refractivity contribution in [1.82, 2.24) is 9.21 Å². The van der Waals surface area contributed by atoms with Gasteiger partial charge in [-0.3, -0.25) is 4.79 Å². The summed E-state index contributed by atoms with van der Waals surface area (Å²) in [6.45, 7) is 3.65. The normalized spacial score (nSPS) is 17.8. The minimum absolute atomic E-state index is 0.0656. The van der Waals surface area contributed by atoms with E-state index in [1.807, 2.05) is 25.1 Å². The molecule has 1 aliphatic rings. The summed E-state index contributed by atoms with van der Waals surface area (Å²) in [6.07, 6.45) is 4.56. The highest BCUT2D eigenvalue weighted by molar-refractivity contribution is 7.88. The third-order valence-corrected chi connectivity index (χ3v) is 5.44. The molecule has 1 aromatic heterocycles. The number of piperazine rings is 1. The maximum absolute atomic E-state index is 12.0. The molecular weight excluding hydrogens is 296 g/mol. The predicted octanol–water partition coefficient (Wildman–Crippen LogP) is 1.17. The van der Waals surface area contributed by atoms with Crippen molar-refractivity contribution in [2.24, 2.45) is 0 Å². The van der Waals surface area contributed by atoms with Crippen molar-refractivity contribution in [3.05, 3.63) is 28.0 Å². The number of nitrogens with zero attached hydrogens (tertiary/aromatic N) is 2. The maximum atomic E-state index is 12.0. The lowest BCUT2D eigenvalue weighted by Gasteiger charge is -2.32. The summed E-state index contributed by atoms with van der Waals surface area (Å²) in [7, 11) is -3.15. The van der Waals surface area contributed by atoms with Crippen LogP contribution in [0.3, 0.4) is 0 Å². The van der Waals surface area contributed by atoms with E-state index in [1.54, 1.807) is 22.3 Å². The number of hydrogen-bond acceptors (Lipinski definition) is 4. The second-order valence-corrected chi connectivity index (χ2v) is 8.07. The Bertz CT molecular complexity index is 611. The molecule has 7 heteroatoms. The Morgan fingerprint density at radius 2 is 1.90 bits per heavy atom. The molecule has 1 saturated heterocycles. The largest absolute Gasteiger partial charge is 0.337 e. The van der Waals surface area contributed by atoms with Crippen LogP contribution >= 0.6 is 11.3 Å². The van der Waals surface area contributed by atoms with Crippen molar-refractivity contribution in [3.8, 4) is 0 Å². The molecule has 0 atom stereocenters. The lowest BCUT2D eigenvalue weighted by molar-refractivity contribution is -0.127. The van der Waals surface area contributed by atoms with Gasteiger partial charge in [-0.1, -0.05) is 0 Å². The monoisotopic (exact) mass is 314 g/mol. The summed E-state index contributed by atoms with van der Waals surface area (Å²) in [5.41, 5.74) is 0. The van der Waals surface area contributed by atoms with Gasteiger partial charge in [0, 0.05) is 42.0 Å². The van der Waals surface area contributed by atoms with Crippen LogP contribution in [0, 0.1) is 6.92 Å². The SMILES string of the molecule is Cc1ccc(/C=C/C(=O)N2CCN(S(C)(=O)=O)CC2)s1. The van der Waals surface area contributed by atoms with Gasteiger partial charge in [-0.25, -0.2) is 8.42 Å². The standard InChI is InChI=1S/C13H18N2O3S2/c1-11-3-4-12(19-11)5-6-13(16)14-7-9-15(10-8-14)20(2,17)18/h3-6H,7-10H2,1-2H3/b6-5+. The number of thiophene rings is 1. The number of sulfonamides is 1. The van der Waals surface area contributed by atoms with E-state index in [4.69, 9.17) is 0 Å². The summed E-state index contributed by atoms with van der Waals surface area (Å²) >= 11 is 1.64. The Labute approximate surface area is 123 Å². The first-order valence-electron chi connectivity index (χ1n) is 6.35. The second kappa shape index (κ2) is 6.07. The summed E-state index contributed by atoms with van der Waals surface area (Å²) < 4.78 is 24.2. The fourth-order valence-corrected chi connectivity index (χ4v) is 3.65. The number of carbonyl (C=O) groups is 1. The van der Waals surface area contributed by atoms with Gasteiger partial charge in [0.1, 0.15) is 0 Å². The topological polar surface area (TPSA) is 57.7 Å². The lowest BCUT2D eigenvalue weighted by Crippen LogP contribution is -2.49. The van der Waals surface area contributed by atoms with Crippen LogP contribution < -0.4 is 0 Å². The summed E-state index contributed by atoms with van der Waals surface area (Å²) in [4.78, 5) is 15.9. The van der Waals surface area contributed by atoms with Crippen molar-refractivity contribution in [1.29, 1.82) is 0 Å². The number of amides is 1. The zero-order chi connectivity index (χ0) is 14.8. The Hall–Kier alpha value is -1.18. The first kappa shape index (κ1) is 15.2. The molecule has 0 bridgehead atoms. The molecule has 1 aliphatic heterocycles. The molecule has 0 radical (unpaired) electrons. The third-order valence-electron chi connectivity index (χ3n) is 3.17. The van der Waals surface area contributed by atoms with E-state index in [1.165, 1.54) is 15.4 Å². The Morgan fingerprint density at radius 1 is 1.25 bits per heavy atom. The number of carbonyl (C=O) groups excluding carboxylic acids is 1. The molecule has 20 heavy (non-hydrogen) atoms. The molecule has 0 N–H and O–H groups in total. The number of aryl methyl sites for hydroxylation is 1. The van der Waals surface area contributed by atoms with Gasteiger partial charge in [-0.05, 0) is 25.1 Å². The Morgan fingerprint density at radius 3 is 2.40 bits per heavy atom. The first-order valence-corrected chi connectivity index (χ1v) is 9.01. The summed E-state index contributed by atoms with van der Waals surface area (Å²) in [5.74, 6) is -0.0656. The van der Waals surface area contributed by atoms with E-state index < -0.39 is 10.0 Å². The van der Waals surface area contributed by atoms with Crippen LogP contribution in [0.1, 0.15) is 9.75 Å². The minimum Gasteiger partial charge on any atom is -0.337 e. The van der Waals surface area contributed by atoms with E-state index in [-0.39, 0.29) is 5.91 Å². The van der Waals surface area contributed by atoms with Crippen LogP contribution in [0.25, 0.3) is 6.08 Å². The average molecular weight is 314 g/mol. The Kier molecular flexibility index (Phi) is 4.62. The van der Waals surface area contributed by atoms with Gasteiger partial charge in [0.25, 0.3) is 0 Å². The summed E-state index contributed by atoms with van der Waals surface area (Å²) in [6, 6.07) is 3.99.